The van der Waals surface area contributed by atoms with Gasteiger partial charge < -0.3 is 15.4 Å². The lowest BCUT2D eigenvalue weighted by Crippen LogP contribution is -2.55. The molecule has 0 aromatic heterocycles. The van der Waals surface area contributed by atoms with Crippen LogP contribution in [0.3, 0.4) is 0 Å². The van der Waals surface area contributed by atoms with Crippen LogP contribution in [0.5, 0.6) is 0 Å². The van der Waals surface area contributed by atoms with Crippen molar-refractivity contribution in [2.24, 2.45) is 0 Å². The van der Waals surface area contributed by atoms with E-state index in [0.29, 0.717) is 6.04 Å². The molecule has 116 valence electrons. The predicted octanol–water partition coefficient (Wildman–Crippen LogP) is 1.93. The molecule has 2 saturated heterocycles. The average Bonchev–Trinajstić information content (AvgIpc) is 2.75. The van der Waals surface area contributed by atoms with E-state index >= 15 is 0 Å². The summed E-state index contributed by atoms with van der Waals surface area (Å²) in [6.07, 6.45) is 3.19. The summed E-state index contributed by atoms with van der Waals surface area (Å²) in [5.41, 5.74) is -0.104. The number of nitrogens with one attached hydrogen (secondary N) is 2. The lowest BCUT2D eigenvalue weighted by Gasteiger charge is -2.39. The first-order valence-electron chi connectivity index (χ1n) is 7.59. The number of carbonyl (C=O) groups is 1. The van der Waals surface area contributed by atoms with E-state index in [0.717, 1.165) is 31.6 Å². The molecule has 3 atom stereocenters. The summed E-state index contributed by atoms with van der Waals surface area (Å²) in [6.45, 7) is 8.79. The minimum atomic E-state index is -0.175. The van der Waals surface area contributed by atoms with Crippen molar-refractivity contribution in [2.45, 2.75) is 70.2 Å². The summed E-state index contributed by atoms with van der Waals surface area (Å²) in [5, 5.41) is 6.52. The number of amides is 1. The molecule has 0 aliphatic carbocycles. The second-order valence-corrected chi connectivity index (χ2v) is 8.26. The largest absolute Gasteiger partial charge is 0.374 e. The molecular weight excluding hydrogens is 272 g/mol. The number of carbonyl (C=O) groups excluding carboxylic acids is 1. The molecule has 1 amide bonds. The van der Waals surface area contributed by atoms with Gasteiger partial charge in [-0.05, 0) is 52.7 Å². The molecule has 2 fully saturated rings. The zero-order chi connectivity index (χ0) is 14.8. The van der Waals surface area contributed by atoms with Gasteiger partial charge in [0, 0.05) is 23.9 Å². The minimum Gasteiger partial charge on any atom is -0.374 e. The van der Waals surface area contributed by atoms with Crippen LogP contribution in [0, 0.1) is 0 Å². The highest BCUT2D eigenvalue weighted by molar-refractivity contribution is 7.99. The summed E-state index contributed by atoms with van der Waals surface area (Å²) in [7, 11) is 0. The number of rotatable bonds is 3. The second kappa shape index (κ2) is 6.24. The van der Waals surface area contributed by atoms with Crippen molar-refractivity contribution in [3.8, 4) is 0 Å². The summed E-state index contributed by atoms with van der Waals surface area (Å²) in [4.78, 5) is 12.1. The summed E-state index contributed by atoms with van der Waals surface area (Å²) in [6, 6.07) is 0.242. The van der Waals surface area contributed by atoms with E-state index in [1.807, 2.05) is 39.5 Å². The van der Waals surface area contributed by atoms with Crippen molar-refractivity contribution in [3.63, 3.8) is 0 Å². The van der Waals surface area contributed by atoms with Crippen molar-refractivity contribution in [2.75, 3.05) is 18.1 Å². The molecule has 2 aliphatic heterocycles. The molecule has 3 unspecified atom stereocenters. The molecule has 2 heterocycles. The van der Waals surface area contributed by atoms with Gasteiger partial charge in [-0.3, -0.25) is 4.79 Å². The van der Waals surface area contributed by atoms with Crippen LogP contribution in [0.2, 0.25) is 0 Å². The Morgan fingerprint density at radius 2 is 2.20 bits per heavy atom. The second-order valence-electron chi connectivity index (χ2n) is 7.15. The van der Waals surface area contributed by atoms with Gasteiger partial charge in [-0.1, -0.05) is 0 Å². The number of ether oxygens (including phenoxy) is 1. The first-order chi connectivity index (χ1) is 9.30. The van der Waals surface area contributed by atoms with Crippen LogP contribution in [-0.4, -0.2) is 47.2 Å². The number of hydrogen-bond donors (Lipinski definition) is 2. The highest BCUT2D eigenvalue weighted by Gasteiger charge is 2.40. The minimum absolute atomic E-state index is 0.0702. The van der Waals surface area contributed by atoms with Crippen LogP contribution in [0.4, 0.5) is 0 Å². The molecule has 0 aromatic rings. The molecule has 2 rings (SSSR count). The van der Waals surface area contributed by atoms with Crippen molar-refractivity contribution in [1.82, 2.24) is 10.6 Å². The van der Waals surface area contributed by atoms with Crippen molar-refractivity contribution in [1.29, 1.82) is 0 Å². The van der Waals surface area contributed by atoms with Gasteiger partial charge in [-0.15, -0.1) is 0 Å². The Labute approximate surface area is 126 Å². The maximum Gasteiger partial charge on any atom is 0.237 e. The van der Waals surface area contributed by atoms with Crippen LogP contribution in [0.1, 0.15) is 47.0 Å². The number of hydrogen-bond acceptors (Lipinski definition) is 4. The fourth-order valence-corrected chi connectivity index (χ4v) is 4.32. The Morgan fingerprint density at radius 1 is 1.45 bits per heavy atom. The summed E-state index contributed by atoms with van der Waals surface area (Å²) < 4.78 is 6.02. The van der Waals surface area contributed by atoms with Crippen molar-refractivity contribution >= 4 is 17.7 Å². The Bertz CT molecular complexity index is 348. The summed E-state index contributed by atoms with van der Waals surface area (Å²) >= 11 is 1.98. The van der Waals surface area contributed by atoms with Crippen molar-refractivity contribution in [3.05, 3.63) is 0 Å². The SMILES string of the molecule is CC(NC1CCOC2(CCSC2)C1)C(=O)NC(C)(C)C. The molecular formula is C15H28N2O2S. The molecule has 20 heavy (non-hydrogen) atoms. The maximum absolute atomic E-state index is 12.1. The third-order valence-corrected chi connectivity index (χ3v) is 5.16. The quantitative estimate of drug-likeness (QED) is 0.836. The van der Waals surface area contributed by atoms with E-state index in [1.165, 1.54) is 5.75 Å². The fraction of sp³-hybridized carbons (Fsp3) is 0.933. The van der Waals surface area contributed by atoms with E-state index in [2.05, 4.69) is 10.6 Å². The molecule has 0 saturated carbocycles. The van der Waals surface area contributed by atoms with Gasteiger partial charge in [0.15, 0.2) is 0 Å². The maximum atomic E-state index is 12.1. The fourth-order valence-electron chi connectivity index (χ4n) is 2.94. The Hall–Kier alpha value is -0.260. The van der Waals surface area contributed by atoms with Gasteiger partial charge in [0.1, 0.15) is 0 Å². The normalized spacial score (nSPS) is 32.3. The topological polar surface area (TPSA) is 50.4 Å². The molecule has 0 radical (unpaired) electrons. The van der Waals surface area contributed by atoms with Crippen LogP contribution in [0.25, 0.3) is 0 Å². The lowest BCUT2D eigenvalue weighted by molar-refractivity contribution is -0.125. The molecule has 4 nitrogen and oxygen atoms in total. The van der Waals surface area contributed by atoms with Crippen molar-refractivity contribution < 1.29 is 9.53 Å². The first-order valence-corrected chi connectivity index (χ1v) is 8.75. The van der Waals surface area contributed by atoms with Gasteiger partial charge in [-0.2, -0.15) is 11.8 Å². The van der Waals surface area contributed by atoms with E-state index in [4.69, 9.17) is 4.74 Å². The Morgan fingerprint density at radius 3 is 2.80 bits per heavy atom. The Balaban J connectivity index is 1.84. The van der Waals surface area contributed by atoms with E-state index < -0.39 is 0 Å². The third-order valence-electron chi connectivity index (χ3n) is 3.94. The zero-order valence-corrected chi connectivity index (χ0v) is 13.9. The molecule has 0 bridgehead atoms. The molecule has 2 aliphatic rings. The Kier molecular flexibility index (Phi) is 5.03. The zero-order valence-electron chi connectivity index (χ0n) is 13.1. The van der Waals surface area contributed by atoms with Crippen LogP contribution >= 0.6 is 11.8 Å². The van der Waals surface area contributed by atoms with E-state index in [9.17, 15) is 4.79 Å². The van der Waals surface area contributed by atoms with E-state index in [-0.39, 0.29) is 23.1 Å². The average molecular weight is 300 g/mol. The molecule has 1 spiro atoms. The smallest absolute Gasteiger partial charge is 0.237 e. The molecule has 2 N–H and O–H groups in total. The highest BCUT2D eigenvalue weighted by Crippen LogP contribution is 2.38. The van der Waals surface area contributed by atoms with Gasteiger partial charge in [0.2, 0.25) is 5.91 Å². The molecule has 5 heteroatoms. The highest BCUT2D eigenvalue weighted by atomic mass is 32.2. The van der Waals surface area contributed by atoms with Gasteiger partial charge >= 0.3 is 0 Å². The van der Waals surface area contributed by atoms with Gasteiger partial charge in [0.05, 0.1) is 11.6 Å². The lowest BCUT2D eigenvalue weighted by atomic mass is 9.89. The summed E-state index contributed by atoms with van der Waals surface area (Å²) in [5.74, 6) is 2.39. The van der Waals surface area contributed by atoms with Crippen LogP contribution in [-0.2, 0) is 9.53 Å². The third kappa shape index (κ3) is 4.37. The van der Waals surface area contributed by atoms with E-state index in [1.54, 1.807) is 0 Å². The monoisotopic (exact) mass is 300 g/mol. The van der Waals surface area contributed by atoms with Crippen LogP contribution < -0.4 is 10.6 Å². The van der Waals surface area contributed by atoms with Crippen LogP contribution in [0.15, 0.2) is 0 Å². The predicted molar refractivity (Wildman–Crippen MR) is 84.1 cm³/mol. The standard InChI is InChI=1S/C15H28N2O2S/c1-11(13(18)17-14(2,3)4)16-12-5-7-19-15(9-12)6-8-20-10-15/h11-12,16H,5-10H2,1-4H3,(H,17,18). The van der Waals surface area contributed by atoms with Gasteiger partial charge in [-0.25, -0.2) is 0 Å². The first kappa shape index (κ1) is 16.1. The number of thioether (sulfide) groups is 1. The molecule has 0 aromatic carbocycles. The van der Waals surface area contributed by atoms with Gasteiger partial charge in [0.25, 0.3) is 0 Å².